The molecule has 1 aliphatic carbocycles. The lowest BCUT2D eigenvalue weighted by Crippen LogP contribution is -2.44. The third-order valence-electron chi connectivity index (χ3n) is 6.47. The molecular formula is C21H31N3O4S. The van der Waals surface area contributed by atoms with Crippen LogP contribution >= 0.6 is 0 Å². The summed E-state index contributed by atoms with van der Waals surface area (Å²) in [6, 6.07) is 5.48. The molecule has 0 radical (unpaired) electrons. The van der Waals surface area contributed by atoms with Gasteiger partial charge in [-0.2, -0.15) is 4.31 Å². The van der Waals surface area contributed by atoms with Crippen LogP contribution in [0.4, 0.5) is 0 Å². The van der Waals surface area contributed by atoms with E-state index in [2.05, 4.69) is 4.90 Å². The Kier molecular flexibility index (Phi) is 6.24. The number of methoxy groups -OCH3 is 1. The molecule has 0 spiro atoms. The van der Waals surface area contributed by atoms with E-state index in [9.17, 15) is 13.2 Å². The number of sulfonamides is 1. The molecule has 1 amide bonds. The van der Waals surface area contributed by atoms with Gasteiger partial charge >= 0.3 is 0 Å². The summed E-state index contributed by atoms with van der Waals surface area (Å²) in [6.45, 7) is 4.21. The minimum absolute atomic E-state index is 0.130. The normalized spacial score (nSPS) is 24.1. The van der Waals surface area contributed by atoms with Crippen LogP contribution in [0.1, 0.15) is 30.4 Å². The summed E-state index contributed by atoms with van der Waals surface area (Å²) in [5.74, 6) is 0.150. The van der Waals surface area contributed by atoms with Crippen molar-refractivity contribution in [3.63, 3.8) is 0 Å². The number of carbonyl (C=O) groups is 1. The van der Waals surface area contributed by atoms with Gasteiger partial charge in [0.15, 0.2) is 0 Å². The van der Waals surface area contributed by atoms with Crippen molar-refractivity contribution in [2.24, 2.45) is 0 Å². The predicted octanol–water partition coefficient (Wildman–Crippen LogP) is 1.12. The van der Waals surface area contributed by atoms with E-state index in [4.69, 9.17) is 4.74 Å². The largest absolute Gasteiger partial charge is 0.383 e. The summed E-state index contributed by atoms with van der Waals surface area (Å²) in [7, 11) is -1.85. The van der Waals surface area contributed by atoms with E-state index in [0.717, 1.165) is 45.2 Å². The molecule has 0 N–H and O–H groups in total. The van der Waals surface area contributed by atoms with Crippen LogP contribution in [-0.2, 0) is 32.4 Å². The third-order valence-corrected chi connectivity index (χ3v) is 8.37. The van der Waals surface area contributed by atoms with E-state index < -0.39 is 10.0 Å². The Bertz CT molecular complexity index is 857. The highest BCUT2D eigenvalue weighted by Gasteiger charge is 2.37. The van der Waals surface area contributed by atoms with E-state index >= 15 is 0 Å². The molecule has 4 rings (SSSR count). The molecule has 2 saturated heterocycles. The predicted molar refractivity (Wildman–Crippen MR) is 110 cm³/mol. The number of nitrogens with zero attached hydrogens (tertiary/aromatic N) is 3. The number of rotatable bonds is 6. The molecule has 2 aliphatic heterocycles. The fraction of sp³-hybridized carbons (Fsp3) is 0.667. The first-order valence-electron chi connectivity index (χ1n) is 10.6. The van der Waals surface area contributed by atoms with Crippen LogP contribution in [-0.4, -0.2) is 87.5 Å². The van der Waals surface area contributed by atoms with Gasteiger partial charge in [0.05, 0.1) is 17.5 Å². The Labute approximate surface area is 173 Å². The SMILES string of the molecule is COCCN1CCC(N2CCCN(S(=O)(=O)c3ccc4c(c3)CCC4)CC2)C1=O. The Hall–Kier alpha value is -1.48. The zero-order chi connectivity index (χ0) is 20.4. The summed E-state index contributed by atoms with van der Waals surface area (Å²) >= 11 is 0. The Morgan fingerprint density at radius 2 is 1.86 bits per heavy atom. The molecule has 1 aromatic rings. The number of ether oxygens (including phenoxy) is 1. The van der Waals surface area contributed by atoms with Crippen LogP contribution < -0.4 is 0 Å². The standard InChI is InChI=1S/C21H31N3O4S/c1-28-15-14-23-11-8-20(21(23)25)22-9-3-10-24(13-12-22)29(26,27)19-7-6-17-4-2-5-18(17)16-19/h6-7,16,20H,2-5,8-15H2,1H3. The lowest BCUT2D eigenvalue weighted by atomic mass is 10.1. The molecule has 0 aromatic heterocycles. The lowest BCUT2D eigenvalue weighted by molar-refractivity contribution is -0.132. The Morgan fingerprint density at radius 3 is 2.69 bits per heavy atom. The first-order chi connectivity index (χ1) is 14.0. The minimum Gasteiger partial charge on any atom is -0.383 e. The van der Waals surface area contributed by atoms with Crippen LogP contribution in [0.15, 0.2) is 23.1 Å². The second-order valence-corrected chi connectivity index (χ2v) is 10.1. The first-order valence-corrected chi connectivity index (χ1v) is 12.1. The van der Waals surface area contributed by atoms with Crippen LogP contribution in [0.2, 0.25) is 0 Å². The molecule has 0 bridgehead atoms. The fourth-order valence-electron chi connectivity index (χ4n) is 4.81. The summed E-state index contributed by atoms with van der Waals surface area (Å²) < 4.78 is 33.1. The van der Waals surface area contributed by atoms with Gasteiger partial charge in [0.2, 0.25) is 15.9 Å². The van der Waals surface area contributed by atoms with Gasteiger partial charge in [-0.05, 0) is 55.4 Å². The second kappa shape index (κ2) is 8.71. The highest BCUT2D eigenvalue weighted by atomic mass is 32.2. The molecule has 7 nitrogen and oxygen atoms in total. The van der Waals surface area contributed by atoms with Gasteiger partial charge < -0.3 is 9.64 Å². The van der Waals surface area contributed by atoms with Crippen molar-refractivity contribution >= 4 is 15.9 Å². The number of aryl methyl sites for hydroxylation is 2. The zero-order valence-electron chi connectivity index (χ0n) is 17.2. The topological polar surface area (TPSA) is 70.2 Å². The summed E-state index contributed by atoms with van der Waals surface area (Å²) in [5.41, 5.74) is 2.46. The molecule has 2 heterocycles. The van der Waals surface area contributed by atoms with Gasteiger partial charge in [-0.1, -0.05) is 6.07 Å². The number of hydrogen-bond acceptors (Lipinski definition) is 5. The van der Waals surface area contributed by atoms with Gasteiger partial charge in [-0.3, -0.25) is 9.69 Å². The van der Waals surface area contributed by atoms with Crippen molar-refractivity contribution in [1.29, 1.82) is 0 Å². The molecule has 1 aromatic carbocycles. The number of hydrogen-bond donors (Lipinski definition) is 0. The van der Waals surface area contributed by atoms with E-state index in [-0.39, 0.29) is 11.9 Å². The minimum atomic E-state index is -3.50. The Morgan fingerprint density at radius 1 is 1.03 bits per heavy atom. The molecular weight excluding hydrogens is 390 g/mol. The Balaban J connectivity index is 1.42. The van der Waals surface area contributed by atoms with Crippen molar-refractivity contribution in [3.8, 4) is 0 Å². The molecule has 0 saturated carbocycles. The average molecular weight is 422 g/mol. The van der Waals surface area contributed by atoms with Crippen LogP contribution in [0.25, 0.3) is 0 Å². The van der Waals surface area contributed by atoms with Gasteiger partial charge in [0.25, 0.3) is 0 Å². The van der Waals surface area contributed by atoms with Gasteiger partial charge in [-0.25, -0.2) is 8.42 Å². The van der Waals surface area contributed by atoms with E-state index in [1.54, 1.807) is 17.5 Å². The summed E-state index contributed by atoms with van der Waals surface area (Å²) in [5, 5.41) is 0. The van der Waals surface area contributed by atoms with Crippen molar-refractivity contribution < 1.29 is 17.9 Å². The smallest absolute Gasteiger partial charge is 0.243 e. The molecule has 160 valence electrons. The number of amides is 1. The van der Waals surface area contributed by atoms with Crippen molar-refractivity contribution in [3.05, 3.63) is 29.3 Å². The van der Waals surface area contributed by atoms with Crippen LogP contribution in [0, 0.1) is 0 Å². The zero-order valence-corrected chi connectivity index (χ0v) is 18.0. The quantitative estimate of drug-likeness (QED) is 0.689. The maximum Gasteiger partial charge on any atom is 0.243 e. The lowest BCUT2D eigenvalue weighted by Gasteiger charge is -2.26. The highest BCUT2D eigenvalue weighted by Crippen LogP contribution is 2.27. The molecule has 8 heteroatoms. The molecule has 1 atom stereocenters. The van der Waals surface area contributed by atoms with Crippen molar-refractivity contribution in [2.75, 3.05) is 53.0 Å². The second-order valence-electron chi connectivity index (χ2n) is 8.20. The molecule has 3 aliphatic rings. The number of likely N-dealkylation sites (tertiary alicyclic amines) is 1. The highest BCUT2D eigenvalue weighted by molar-refractivity contribution is 7.89. The molecule has 1 unspecified atom stereocenters. The summed E-state index contributed by atoms with van der Waals surface area (Å²) in [6.07, 6.45) is 4.67. The maximum atomic E-state index is 13.2. The van der Waals surface area contributed by atoms with Crippen molar-refractivity contribution in [1.82, 2.24) is 14.1 Å². The number of benzene rings is 1. The van der Waals surface area contributed by atoms with Gasteiger partial charge in [0.1, 0.15) is 0 Å². The monoisotopic (exact) mass is 421 g/mol. The maximum absolute atomic E-state index is 13.2. The van der Waals surface area contributed by atoms with E-state index in [1.807, 2.05) is 17.0 Å². The van der Waals surface area contributed by atoms with Gasteiger partial charge in [0, 0.05) is 46.4 Å². The van der Waals surface area contributed by atoms with E-state index in [0.29, 0.717) is 37.7 Å². The third kappa shape index (κ3) is 4.21. The molecule has 29 heavy (non-hydrogen) atoms. The number of fused-ring (bicyclic) bond motifs is 1. The van der Waals surface area contributed by atoms with Crippen LogP contribution in [0.3, 0.4) is 0 Å². The van der Waals surface area contributed by atoms with Gasteiger partial charge in [-0.15, -0.1) is 0 Å². The van der Waals surface area contributed by atoms with Crippen LogP contribution in [0.5, 0.6) is 0 Å². The average Bonchev–Trinajstić information content (AvgIpc) is 3.24. The van der Waals surface area contributed by atoms with Crippen molar-refractivity contribution in [2.45, 2.75) is 43.0 Å². The molecule has 2 fully saturated rings. The summed E-state index contributed by atoms with van der Waals surface area (Å²) in [4.78, 5) is 17.2. The fourth-order valence-corrected chi connectivity index (χ4v) is 6.33. The number of carbonyl (C=O) groups excluding carboxylic acids is 1. The first kappa shape index (κ1) is 20.8. The van der Waals surface area contributed by atoms with E-state index in [1.165, 1.54) is 11.1 Å².